The zero-order valence-corrected chi connectivity index (χ0v) is 9.96. The van der Waals surface area contributed by atoms with Crippen LogP contribution in [0.4, 0.5) is 0 Å². The van der Waals surface area contributed by atoms with Crippen LogP contribution in [0.3, 0.4) is 0 Å². The van der Waals surface area contributed by atoms with Gasteiger partial charge in [-0.15, -0.1) is 11.6 Å². The second-order valence-electron chi connectivity index (χ2n) is 3.69. The van der Waals surface area contributed by atoms with Crippen molar-refractivity contribution < 1.29 is 0 Å². The smallest absolute Gasteiger partial charge is 0.0966 e. The van der Waals surface area contributed by atoms with E-state index in [0.717, 1.165) is 22.6 Å². The summed E-state index contributed by atoms with van der Waals surface area (Å²) in [5.74, 6) is 0. The van der Waals surface area contributed by atoms with E-state index >= 15 is 0 Å². The Kier molecular flexibility index (Phi) is 2.89. The molecule has 15 heavy (non-hydrogen) atoms. The van der Waals surface area contributed by atoms with Crippen molar-refractivity contribution in [3.63, 3.8) is 0 Å². The van der Waals surface area contributed by atoms with Crippen molar-refractivity contribution in [3.05, 3.63) is 34.9 Å². The van der Waals surface area contributed by atoms with Crippen LogP contribution in [0.2, 0.25) is 0 Å². The lowest BCUT2D eigenvalue weighted by atomic mass is 10.1. The third kappa shape index (κ3) is 1.84. The second kappa shape index (κ2) is 4.03. The van der Waals surface area contributed by atoms with Crippen LogP contribution in [-0.4, -0.2) is 29.7 Å². The van der Waals surface area contributed by atoms with Crippen molar-refractivity contribution in [2.24, 2.45) is 5.10 Å². The first-order valence-corrected chi connectivity index (χ1v) is 5.57. The Balaban J connectivity index is 2.28. The molecular weight excluding hydrogens is 231 g/mol. The Labute approximate surface area is 99.5 Å². The van der Waals surface area contributed by atoms with Gasteiger partial charge >= 0.3 is 0 Å². The molecule has 0 aromatic rings. The van der Waals surface area contributed by atoms with Crippen LogP contribution in [-0.2, 0) is 0 Å². The van der Waals surface area contributed by atoms with Gasteiger partial charge in [0.05, 0.1) is 11.4 Å². The SMILES string of the molecule is C=CC1=CC(C2C(Cl)C=NN2C)=C(Cl)C1. The normalized spacial score (nSPS) is 30.1. The number of hydrazone groups is 1. The van der Waals surface area contributed by atoms with Crippen molar-refractivity contribution in [2.45, 2.75) is 17.8 Å². The molecule has 0 aromatic carbocycles. The summed E-state index contributed by atoms with van der Waals surface area (Å²) in [6.07, 6.45) is 6.38. The van der Waals surface area contributed by atoms with Crippen molar-refractivity contribution >= 4 is 29.4 Å². The zero-order valence-electron chi connectivity index (χ0n) is 8.45. The maximum Gasteiger partial charge on any atom is 0.0966 e. The summed E-state index contributed by atoms with van der Waals surface area (Å²) in [6.45, 7) is 3.74. The number of halogens is 2. The van der Waals surface area contributed by atoms with Gasteiger partial charge in [0.15, 0.2) is 0 Å². The predicted octanol–water partition coefficient (Wildman–Crippen LogP) is 2.90. The molecular formula is C11H12Cl2N2. The van der Waals surface area contributed by atoms with Crippen LogP contribution in [0, 0.1) is 0 Å². The molecule has 2 atom stereocenters. The van der Waals surface area contributed by atoms with Gasteiger partial charge in [-0.05, 0) is 11.1 Å². The maximum atomic E-state index is 6.20. The molecule has 0 saturated heterocycles. The highest BCUT2D eigenvalue weighted by Crippen LogP contribution is 2.35. The van der Waals surface area contributed by atoms with Crippen molar-refractivity contribution in [2.75, 3.05) is 7.05 Å². The van der Waals surface area contributed by atoms with E-state index in [-0.39, 0.29) is 11.4 Å². The summed E-state index contributed by atoms with van der Waals surface area (Å²) in [5, 5.41) is 6.74. The largest absolute Gasteiger partial charge is 0.291 e. The maximum absolute atomic E-state index is 6.20. The average Bonchev–Trinajstić information content (AvgIpc) is 2.71. The molecule has 0 fully saturated rings. The van der Waals surface area contributed by atoms with Crippen molar-refractivity contribution in [1.29, 1.82) is 0 Å². The van der Waals surface area contributed by atoms with Gasteiger partial charge < -0.3 is 0 Å². The van der Waals surface area contributed by atoms with E-state index in [1.54, 1.807) is 6.21 Å². The molecule has 4 heteroatoms. The molecule has 0 aromatic heterocycles. The number of rotatable bonds is 2. The summed E-state index contributed by atoms with van der Waals surface area (Å²) in [7, 11) is 1.90. The van der Waals surface area contributed by atoms with Crippen LogP contribution < -0.4 is 0 Å². The van der Waals surface area contributed by atoms with Gasteiger partial charge in [0.2, 0.25) is 0 Å². The average molecular weight is 243 g/mol. The molecule has 0 radical (unpaired) electrons. The van der Waals surface area contributed by atoms with E-state index in [0.29, 0.717) is 0 Å². The molecule has 0 spiro atoms. The van der Waals surface area contributed by atoms with Crippen LogP contribution >= 0.6 is 23.2 Å². The Morgan fingerprint density at radius 2 is 2.40 bits per heavy atom. The van der Waals surface area contributed by atoms with Crippen LogP contribution in [0.25, 0.3) is 0 Å². The number of hydrogen-bond donors (Lipinski definition) is 0. The van der Waals surface area contributed by atoms with E-state index < -0.39 is 0 Å². The fourth-order valence-electron chi connectivity index (χ4n) is 1.89. The summed E-state index contributed by atoms with van der Waals surface area (Å²) >= 11 is 12.4. The molecule has 2 aliphatic rings. The molecule has 2 rings (SSSR count). The van der Waals surface area contributed by atoms with Gasteiger partial charge in [-0.3, -0.25) is 5.01 Å². The molecule has 0 bridgehead atoms. The van der Waals surface area contributed by atoms with Gasteiger partial charge in [0.1, 0.15) is 0 Å². The summed E-state index contributed by atoms with van der Waals surface area (Å²) in [4.78, 5) is 0. The van der Waals surface area contributed by atoms with Crippen molar-refractivity contribution in [1.82, 2.24) is 5.01 Å². The monoisotopic (exact) mass is 242 g/mol. The second-order valence-corrected chi connectivity index (χ2v) is 4.65. The third-order valence-corrected chi connectivity index (χ3v) is 3.39. The van der Waals surface area contributed by atoms with Crippen LogP contribution in [0.5, 0.6) is 0 Å². The first-order valence-electron chi connectivity index (χ1n) is 4.76. The van der Waals surface area contributed by atoms with E-state index in [4.69, 9.17) is 23.2 Å². The zero-order chi connectivity index (χ0) is 11.0. The van der Waals surface area contributed by atoms with Gasteiger partial charge in [-0.1, -0.05) is 30.3 Å². The minimum Gasteiger partial charge on any atom is -0.291 e. The van der Waals surface area contributed by atoms with E-state index in [2.05, 4.69) is 17.8 Å². The molecule has 1 aliphatic carbocycles. The highest BCUT2D eigenvalue weighted by Gasteiger charge is 2.32. The highest BCUT2D eigenvalue weighted by molar-refractivity contribution is 6.32. The Morgan fingerprint density at radius 3 is 2.87 bits per heavy atom. The van der Waals surface area contributed by atoms with Gasteiger partial charge in [0, 0.05) is 24.7 Å². The summed E-state index contributed by atoms with van der Waals surface area (Å²) < 4.78 is 0. The number of likely N-dealkylation sites (N-methyl/N-ethyl adjacent to an activating group) is 1. The standard InChI is InChI=1S/C11H12Cl2N2/c1-3-7-4-8(9(12)5-7)11-10(13)6-14-15(11)2/h3-4,6,10-11H,1,5H2,2H3. The number of alkyl halides is 1. The Morgan fingerprint density at radius 1 is 1.67 bits per heavy atom. The summed E-state index contributed by atoms with van der Waals surface area (Å²) in [6, 6.07) is 0.0524. The first-order chi connectivity index (χ1) is 7.13. The predicted molar refractivity (Wildman–Crippen MR) is 65.5 cm³/mol. The molecule has 0 N–H and O–H groups in total. The third-order valence-electron chi connectivity index (χ3n) is 2.69. The lowest BCUT2D eigenvalue weighted by Crippen LogP contribution is -2.31. The lowest BCUT2D eigenvalue weighted by Gasteiger charge is -2.22. The van der Waals surface area contributed by atoms with Gasteiger partial charge in [-0.25, -0.2) is 0 Å². The molecule has 0 amide bonds. The van der Waals surface area contributed by atoms with Gasteiger partial charge in [0.25, 0.3) is 0 Å². The minimum atomic E-state index is -0.112. The Bertz CT molecular complexity index is 370. The van der Waals surface area contributed by atoms with Crippen LogP contribution in [0.15, 0.2) is 40.0 Å². The van der Waals surface area contributed by atoms with E-state index in [9.17, 15) is 0 Å². The first kappa shape index (κ1) is 10.8. The van der Waals surface area contributed by atoms with Crippen LogP contribution in [0.1, 0.15) is 6.42 Å². The molecule has 2 nitrogen and oxygen atoms in total. The van der Waals surface area contributed by atoms with E-state index in [1.165, 1.54) is 0 Å². The summed E-state index contributed by atoms with van der Waals surface area (Å²) in [5.41, 5.74) is 2.20. The Hall–Kier alpha value is -0.730. The quantitative estimate of drug-likeness (QED) is 0.681. The molecule has 2 unspecified atom stereocenters. The molecule has 1 aliphatic heterocycles. The van der Waals surface area contributed by atoms with Gasteiger partial charge in [-0.2, -0.15) is 5.10 Å². The fourth-order valence-corrected chi connectivity index (χ4v) is 2.56. The van der Waals surface area contributed by atoms with E-state index in [1.807, 2.05) is 18.1 Å². The number of allylic oxidation sites excluding steroid dienone is 3. The minimum absolute atomic E-state index is 0.0524. The topological polar surface area (TPSA) is 15.6 Å². The number of nitrogens with zero attached hydrogens (tertiary/aromatic N) is 2. The highest BCUT2D eigenvalue weighted by atomic mass is 35.5. The lowest BCUT2D eigenvalue weighted by molar-refractivity contribution is 0.323. The number of hydrogen-bond acceptors (Lipinski definition) is 2. The fraction of sp³-hybridized carbons (Fsp3) is 0.364. The molecule has 1 heterocycles. The molecule has 80 valence electrons. The molecule has 0 saturated carbocycles. The van der Waals surface area contributed by atoms with Crippen molar-refractivity contribution in [3.8, 4) is 0 Å².